The first kappa shape index (κ1) is 22.0. The largest absolute Gasteiger partial charge is 0.454 e. The molecule has 34 heavy (non-hydrogen) atoms. The van der Waals surface area contributed by atoms with Gasteiger partial charge in [-0.3, -0.25) is 14.3 Å². The molecule has 1 aliphatic rings. The van der Waals surface area contributed by atoms with Crippen LogP contribution in [0.5, 0.6) is 11.5 Å². The second-order valence-corrected chi connectivity index (χ2v) is 9.09. The molecular formula is C25H23N5O3S. The van der Waals surface area contributed by atoms with E-state index in [1.54, 1.807) is 12.4 Å². The van der Waals surface area contributed by atoms with E-state index in [1.165, 1.54) is 11.8 Å². The van der Waals surface area contributed by atoms with Gasteiger partial charge in [-0.15, -0.1) is 10.2 Å². The highest BCUT2D eigenvalue weighted by Crippen LogP contribution is 2.32. The van der Waals surface area contributed by atoms with Gasteiger partial charge < -0.3 is 14.8 Å². The Kier molecular flexibility index (Phi) is 6.44. The normalized spacial score (nSPS) is 13.0. The molecule has 4 aromatic rings. The zero-order valence-corrected chi connectivity index (χ0v) is 19.4. The molecule has 172 valence electrons. The van der Waals surface area contributed by atoms with E-state index >= 15 is 0 Å². The smallest absolute Gasteiger partial charge is 0.233 e. The Hall–Kier alpha value is -3.85. The van der Waals surface area contributed by atoms with Crippen LogP contribution < -0.4 is 14.8 Å². The number of carbonyl (C=O) groups excluding carboxylic acids is 1. The summed E-state index contributed by atoms with van der Waals surface area (Å²) in [4.78, 5) is 17.1. The van der Waals surface area contributed by atoms with E-state index < -0.39 is 0 Å². The summed E-state index contributed by atoms with van der Waals surface area (Å²) in [6.07, 6.45) is 3.49. The number of fused-ring (bicyclic) bond motifs is 1. The molecule has 2 aromatic heterocycles. The molecule has 0 aliphatic carbocycles. The summed E-state index contributed by atoms with van der Waals surface area (Å²) in [5.41, 5.74) is 2.94. The van der Waals surface area contributed by atoms with Gasteiger partial charge in [-0.1, -0.05) is 48.2 Å². The van der Waals surface area contributed by atoms with Crippen LogP contribution in [0, 0.1) is 0 Å². The van der Waals surface area contributed by atoms with Crippen LogP contribution in [0.1, 0.15) is 18.1 Å². The zero-order valence-electron chi connectivity index (χ0n) is 18.5. The van der Waals surface area contributed by atoms with Gasteiger partial charge in [0.05, 0.1) is 11.8 Å². The minimum absolute atomic E-state index is 0.0835. The summed E-state index contributed by atoms with van der Waals surface area (Å²) >= 11 is 1.38. The molecule has 9 heteroatoms. The standard InChI is InChI=1S/C25H23N5O3S/c1-17(24(31)27-13-19-9-10-21-22(12-19)33-16-32-21)34-25-29-28-23(20-8-5-11-26-14-20)30(25)15-18-6-3-2-4-7-18/h2-12,14,17H,13,15-16H2,1H3,(H,27,31)/t17-/m0/s1. The molecule has 3 heterocycles. The summed E-state index contributed by atoms with van der Waals surface area (Å²) in [5, 5.41) is 12.1. The number of carbonyl (C=O) groups is 1. The Bertz CT molecular complexity index is 1280. The van der Waals surface area contributed by atoms with E-state index in [1.807, 2.05) is 60.0 Å². The highest BCUT2D eigenvalue weighted by Gasteiger charge is 2.21. The van der Waals surface area contributed by atoms with Crippen molar-refractivity contribution in [2.75, 3.05) is 6.79 Å². The number of pyridine rings is 1. The Morgan fingerprint density at radius 3 is 2.74 bits per heavy atom. The lowest BCUT2D eigenvalue weighted by Gasteiger charge is -2.14. The average Bonchev–Trinajstić information content (AvgIpc) is 3.50. The highest BCUT2D eigenvalue weighted by atomic mass is 32.2. The van der Waals surface area contributed by atoms with Crippen molar-refractivity contribution in [3.05, 3.63) is 84.2 Å². The van der Waals surface area contributed by atoms with E-state index in [9.17, 15) is 4.79 Å². The number of hydrogen-bond donors (Lipinski definition) is 1. The van der Waals surface area contributed by atoms with E-state index in [0.717, 1.165) is 22.4 Å². The number of benzene rings is 2. The van der Waals surface area contributed by atoms with Gasteiger partial charge in [0.2, 0.25) is 12.7 Å². The van der Waals surface area contributed by atoms with Crippen LogP contribution in [-0.4, -0.2) is 37.7 Å². The van der Waals surface area contributed by atoms with Gasteiger partial charge in [-0.2, -0.15) is 0 Å². The highest BCUT2D eigenvalue weighted by molar-refractivity contribution is 8.00. The number of nitrogens with one attached hydrogen (secondary N) is 1. The molecule has 0 saturated carbocycles. The number of nitrogens with zero attached hydrogens (tertiary/aromatic N) is 4. The molecule has 1 amide bonds. The second-order valence-electron chi connectivity index (χ2n) is 7.79. The monoisotopic (exact) mass is 473 g/mol. The Balaban J connectivity index is 1.30. The number of hydrogen-bond acceptors (Lipinski definition) is 7. The third-order valence-corrected chi connectivity index (χ3v) is 6.46. The van der Waals surface area contributed by atoms with Crippen molar-refractivity contribution < 1.29 is 14.3 Å². The van der Waals surface area contributed by atoms with Crippen LogP contribution in [0.4, 0.5) is 0 Å². The molecule has 0 unspecified atom stereocenters. The molecule has 0 spiro atoms. The predicted molar refractivity (Wildman–Crippen MR) is 129 cm³/mol. The summed E-state index contributed by atoms with van der Waals surface area (Å²) in [6.45, 7) is 3.08. The Morgan fingerprint density at radius 2 is 1.91 bits per heavy atom. The molecule has 0 saturated heterocycles. The van der Waals surface area contributed by atoms with Crippen LogP contribution in [0.25, 0.3) is 11.4 Å². The molecule has 1 atom stereocenters. The van der Waals surface area contributed by atoms with Crippen LogP contribution in [0.3, 0.4) is 0 Å². The van der Waals surface area contributed by atoms with Crippen LogP contribution in [-0.2, 0) is 17.9 Å². The number of amides is 1. The van der Waals surface area contributed by atoms with Crippen molar-refractivity contribution in [1.29, 1.82) is 0 Å². The maximum absolute atomic E-state index is 12.8. The summed E-state index contributed by atoms with van der Waals surface area (Å²) in [6, 6.07) is 19.6. The molecule has 0 fully saturated rings. The predicted octanol–water partition coefficient (Wildman–Crippen LogP) is 3.91. The van der Waals surface area contributed by atoms with Crippen molar-refractivity contribution in [3.8, 4) is 22.9 Å². The van der Waals surface area contributed by atoms with Gasteiger partial charge in [-0.05, 0) is 42.3 Å². The number of aromatic nitrogens is 4. The van der Waals surface area contributed by atoms with Gasteiger partial charge >= 0.3 is 0 Å². The third-order valence-electron chi connectivity index (χ3n) is 5.38. The molecule has 8 nitrogen and oxygen atoms in total. The first-order valence-electron chi connectivity index (χ1n) is 10.9. The lowest BCUT2D eigenvalue weighted by molar-refractivity contribution is -0.120. The maximum atomic E-state index is 12.8. The maximum Gasteiger partial charge on any atom is 0.233 e. The van der Waals surface area contributed by atoms with E-state index in [-0.39, 0.29) is 18.0 Å². The van der Waals surface area contributed by atoms with Crippen molar-refractivity contribution in [3.63, 3.8) is 0 Å². The minimum Gasteiger partial charge on any atom is -0.454 e. The first-order chi connectivity index (χ1) is 16.7. The molecule has 2 aromatic carbocycles. The topological polar surface area (TPSA) is 91.2 Å². The third kappa shape index (κ3) is 4.89. The Morgan fingerprint density at radius 1 is 1.06 bits per heavy atom. The van der Waals surface area contributed by atoms with E-state index in [4.69, 9.17) is 9.47 Å². The van der Waals surface area contributed by atoms with Gasteiger partial charge in [0.1, 0.15) is 0 Å². The fraction of sp³-hybridized carbons (Fsp3) is 0.200. The van der Waals surface area contributed by atoms with Crippen LogP contribution in [0.2, 0.25) is 0 Å². The van der Waals surface area contributed by atoms with E-state index in [0.29, 0.717) is 29.8 Å². The van der Waals surface area contributed by atoms with E-state index in [2.05, 4.69) is 32.6 Å². The minimum atomic E-state index is -0.366. The van der Waals surface area contributed by atoms with Crippen LogP contribution in [0.15, 0.2) is 78.2 Å². The van der Waals surface area contributed by atoms with Gasteiger partial charge in [0.15, 0.2) is 22.5 Å². The molecular weight excluding hydrogens is 450 g/mol. The quantitative estimate of drug-likeness (QED) is 0.388. The second kappa shape index (κ2) is 9.96. The van der Waals surface area contributed by atoms with Crippen molar-refractivity contribution >= 4 is 17.7 Å². The molecule has 1 N–H and O–H groups in total. The zero-order chi connectivity index (χ0) is 23.3. The fourth-order valence-electron chi connectivity index (χ4n) is 3.59. The molecule has 0 bridgehead atoms. The number of ether oxygens (including phenoxy) is 2. The van der Waals surface area contributed by atoms with Crippen molar-refractivity contribution in [2.24, 2.45) is 0 Å². The SMILES string of the molecule is C[C@H](Sc1nnc(-c2cccnc2)n1Cc1ccccc1)C(=O)NCc1ccc2c(c1)OCO2. The van der Waals surface area contributed by atoms with Crippen LogP contribution >= 0.6 is 11.8 Å². The summed E-state index contributed by atoms with van der Waals surface area (Å²) < 4.78 is 12.8. The van der Waals surface area contributed by atoms with Crippen molar-refractivity contribution in [2.45, 2.75) is 30.4 Å². The van der Waals surface area contributed by atoms with Gasteiger partial charge in [-0.25, -0.2) is 0 Å². The number of rotatable bonds is 8. The fourth-order valence-corrected chi connectivity index (χ4v) is 4.46. The summed E-state index contributed by atoms with van der Waals surface area (Å²) in [7, 11) is 0. The lowest BCUT2D eigenvalue weighted by atomic mass is 10.2. The number of thioether (sulfide) groups is 1. The molecule has 0 radical (unpaired) electrons. The first-order valence-corrected chi connectivity index (χ1v) is 11.8. The van der Waals surface area contributed by atoms with Gasteiger partial charge in [0.25, 0.3) is 0 Å². The lowest BCUT2D eigenvalue weighted by Crippen LogP contribution is -2.30. The van der Waals surface area contributed by atoms with Gasteiger partial charge in [0, 0.05) is 24.5 Å². The molecule has 5 rings (SSSR count). The average molecular weight is 474 g/mol. The Labute approximate surface area is 201 Å². The van der Waals surface area contributed by atoms with Crippen molar-refractivity contribution in [1.82, 2.24) is 25.1 Å². The molecule has 1 aliphatic heterocycles. The summed E-state index contributed by atoms with van der Waals surface area (Å²) in [5.74, 6) is 2.06.